The van der Waals surface area contributed by atoms with Crippen LogP contribution in [0.5, 0.6) is 0 Å². The molecule has 0 unspecified atom stereocenters. The molecule has 2 amide bonds. The van der Waals surface area contributed by atoms with E-state index in [1.165, 1.54) is 28.2 Å². The van der Waals surface area contributed by atoms with Crippen LogP contribution in [-0.2, 0) is 0 Å². The highest BCUT2D eigenvalue weighted by molar-refractivity contribution is 7.12. The van der Waals surface area contributed by atoms with Gasteiger partial charge in [0.1, 0.15) is 0 Å². The van der Waals surface area contributed by atoms with Crippen LogP contribution in [0.15, 0.2) is 60.0 Å². The average molecular weight is 503 g/mol. The molecular formula is C29H34N4O2S. The van der Waals surface area contributed by atoms with E-state index in [0.717, 1.165) is 68.2 Å². The van der Waals surface area contributed by atoms with Crippen LogP contribution < -0.4 is 15.1 Å². The Morgan fingerprint density at radius 2 is 1.58 bits per heavy atom. The van der Waals surface area contributed by atoms with Crippen molar-refractivity contribution in [1.29, 1.82) is 0 Å². The molecule has 0 aliphatic carbocycles. The molecule has 5 rings (SSSR count). The Kier molecular flexibility index (Phi) is 7.28. The molecule has 2 aromatic carbocycles. The lowest BCUT2D eigenvalue weighted by Gasteiger charge is -2.38. The van der Waals surface area contributed by atoms with E-state index >= 15 is 0 Å². The molecule has 2 aliphatic heterocycles. The summed E-state index contributed by atoms with van der Waals surface area (Å²) in [7, 11) is 0. The van der Waals surface area contributed by atoms with Gasteiger partial charge in [0.2, 0.25) is 0 Å². The maximum Gasteiger partial charge on any atom is 0.261 e. The molecule has 3 heterocycles. The molecule has 188 valence electrons. The number of para-hydroxylation sites is 1. The normalized spacial score (nSPS) is 16.8. The smallest absolute Gasteiger partial charge is 0.261 e. The number of carbonyl (C=O) groups is 2. The summed E-state index contributed by atoms with van der Waals surface area (Å²) in [4.78, 5) is 33.4. The van der Waals surface area contributed by atoms with Crippen LogP contribution in [0.4, 0.5) is 11.4 Å². The van der Waals surface area contributed by atoms with Crippen molar-refractivity contribution < 1.29 is 9.59 Å². The van der Waals surface area contributed by atoms with Gasteiger partial charge in [-0.15, -0.1) is 11.3 Å². The van der Waals surface area contributed by atoms with Crippen molar-refractivity contribution in [3.8, 4) is 0 Å². The molecule has 36 heavy (non-hydrogen) atoms. The highest BCUT2D eigenvalue weighted by Crippen LogP contribution is 2.27. The van der Waals surface area contributed by atoms with Gasteiger partial charge in [-0.1, -0.05) is 24.3 Å². The number of nitrogens with one attached hydrogen (secondary N) is 1. The standard InChI is InChI=1S/C29H34N4O2S/c1-21-9-10-24(20-22(21)2)31-15-17-33(18-16-31)29(35)25-6-3-4-7-26(25)32-13-11-23(12-14-32)30-28(34)27-8-5-19-36-27/h3-10,19-20,23H,11-18H2,1-2H3,(H,30,34). The first-order valence-electron chi connectivity index (χ1n) is 12.8. The van der Waals surface area contributed by atoms with Crippen molar-refractivity contribution in [1.82, 2.24) is 10.2 Å². The van der Waals surface area contributed by atoms with Gasteiger partial charge in [-0.25, -0.2) is 0 Å². The zero-order chi connectivity index (χ0) is 25.1. The minimum Gasteiger partial charge on any atom is -0.371 e. The predicted octanol–water partition coefficient (Wildman–Crippen LogP) is 4.73. The number of nitrogens with zero attached hydrogens (tertiary/aromatic N) is 3. The molecule has 7 heteroatoms. The molecule has 0 spiro atoms. The highest BCUT2D eigenvalue weighted by Gasteiger charge is 2.28. The van der Waals surface area contributed by atoms with E-state index in [9.17, 15) is 9.59 Å². The van der Waals surface area contributed by atoms with Crippen molar-refractivity contribution in [2.24, 2.45) is 0 Å². The molecule has 2 fully saturated rings. The van der Waals surface area contributed by atoms with E-state index in [1.807, 2.05) is 40.6 Å². The number of thiophene rings is 1. The summed E-state index contributed by atoms with van der Waals surface area (Å²) < 4.78 is 0. The van der Waals surface area contributed by atoms with Crippen molar-refractivity contribution in [2.45, 2.75) is 32.7 Å². The number of piperidine rings is 1. The Morgan fingerprint density at radius 3 is 2.28 bits per heavy atom. The summed E-state index contributed by atoms with van der Waals surface area (Å²) >= 11 is 1.47. The minimum atomic E-state index is 0.0129. The monoisotopic (exact) mass is 502 g/mol. The number of amides is 2. The summed E-state index contributed by atoms with van der Waals surface area (Å²) in [6.45, 7) is 9.04. The van der Waals surface area contributed by atoms with Crippen LogP contribution in [0, 0.1) is 13.8 Å². The molecule has 0 atom stereocenters. The fourth-order valence-corrected chi connectivity index (χ4v) is 5.75. The van der Waals surface area contributed by atoms with Gasteiger partial charge in [-0.2, -0.15) is 0 Å². The molecular weight excluding hydrogens is 468 g/mol. The lowest BCUT2D eigenvalue weighted by molar-refractivity contribution is 0.0747. The number of piperazine rings is 1. The third-order valence-corrected chi connectivity index (χ3v) is 8.34. The Labute approximate surface area is 217 Å². The molecule has 0 radical (unpaired) electrons. The predicted molar refractivity (Wildman–Crippen MR) is 147 cm³/mol. The van der Waals surface area contributed by atoms with Crippen molar-refractivity contribution in [3.63, 3.8) is 0 Å². The zero-order valence-electron chi connectivity index (χ0n) is 21.1. The molecule has 1 N–H and O–H groups in total. The number of benzene rings is 2. The number of aryl methyl sites for hydroxylation is 2. The van der Waals surface area contributed by atoms with Gasteiger partial charge >= 0.3 is 0 Å². The number of rotatable bonds is 5. The van der Waals surface area contributed by atoms with Gasteiger partial charge in [0.15, 0.2) is 0 Å². The van der Waals surface area contributed by atoms with E-state index in [-0.39, 0.29) is 17.9 Å². The summed E-state index contributed by atoms with van der Waals surface area (Å²) in [5.41, 5.74) is 5.62. The number of hydrogen-bond acceptors (Lipinski definition) is 5. The van der Waals surface area contributed by atoms with Crippen LogP contribution in [0.3, 0.4) is 0 Å². The summed E-state index contributed by atoms with van der Waals surface area (Å²) in [6, 6.07) is 18.5. The van der Waals surface area contributed by atoms with E-state index in [4.69, 9.17) is 0 Å². The quantitative estimate of drug-likeness (QED) is 0.548. The minimum absolute atomic E-state index is 0.0129. The maximum absolute atomic E-state index is 13.6. The molecule has 1 aromatic heterocycles. The lowest BCUT2D eigenvalue weighted by Crippen LogP contribution is -2.49. The molecule has 0 saturated carbocycles. The van der Waals surface area contributed by atoms with Gasteiger partial charge in [-0.05, 0) is 73.5 Å². The Morgan fingerprint density at radius 1 is 0.833 bits per heavy atom. The van der Waals surface area contributed by atoms with E-state index in [0.29, 0.717) is 0 Å². The van der Waals surface area contributed by atoms with Gasteiger partial charge in [0.05, 0.1) is 10.4 Å². The second-order valence-electron chi connectivity index (χ2n) is 9.78. The van der Waals surface area contributed by atoms with Crippen LogP contribution in [0.1, 0.15) is 44.0 Å². The van der Waals surface area contributed by atoms with Crippen molar-refractivity contribution in [2.75, 3.05) is 49.1 Å². The Hall–Kier alpha value is -3.32. The van der Waals surface area contributed by atoms with Crippen molar-refractivity contribution >= 4 is 34.5 Å². The Balaban J connectivity index is 1.19. The summed E-state index contributed by atoms with van der Waals surface area (Å²) in [5, 5.41) is 5.10. The second kappa shape index (κ2) is 10.7. The summed E-state index contributed by atoms with van der Waals surface area (Å²) in [6.07, 6.45) is 1.74. The first-order valence-corrected chi connectivity index (χ1v) is 13.7. The van der Waals surface area contributed by atoms with E-state index in [1.54, 1.807) is 0 Å². The van der Waals surface area contributed by atoms with Gasteiger partial charge in [0.25, 0.3) is 11.8 Å². The lowest BCUT2D eigenvalue weighted by atomic mass is 10.0. The first kappa shape index (κ1) is 24.4. The van der Waals surface area contributed by atoms with Gasteiger partial charge < -0.3 is 20.0 Å². The fourth-order valence-electron chi connectivity index (χ4n) is 5.12. The summed E-state index contributed by atoms with van der Waals surface area (Å²) in [5.74, 6) is 0.123. The van der Waals surface area contributed by atoms with Crippen LogP contribution in [0.2, 0.25) is 0 Å². The fraction of sp³-hybridized carbons (Fsp3) is 0.379. The molecule has 6 nitrogen and oxygen atoms in total. The highest BCUT2D eigenvalue weighted by atomic mass is 32.1. The third-order valence-electron chi connectivity index (χ3n) is 7.47. The Bertz CT molecular complexity index is 1210. The third kappa shape index (κ3) is 5.26. The number of carbonyl (C=O) groups excluding carboxylic acids is 2. The van der Waals surface area contributed by atoms with Gasteiger partial charge in [0, 0.05) is 56.7 Å². The van der Waals surface area contributed by atoms with E-state index in [2.05, 4.69) is 53.2 Å². The topological polar surface area (TPSA) is 55.9 Å². The average Bonchev–Trinajstić information content (AvgIpc) is 3.46. The van der Waals surface area contributed by atoms with Crippen molar-refractivity contribution in [3.05, 3.63) is 81.5 Å². The van der Waals surface area contributed by atoms with Crippen LogP contribution in [0.25, 0.3) is 0 Å². The molecule has 2 aliphatic rings. The second-order valence-corrected chi connectivity index (χ2v) is 10.7. The largest absolute Gasteiger partial charge is 0.371 e. The van der Waals surface area contributed by atoms with Gasteiger partial charge in [-0.3, -0.25) is 9.59 Å². The SMILES string of the molecule is Cc1ccc(N2CCN(C(=O)c3ccccc3N3CCC(NC(=O)c4cccs4)CC3)CC2)cc1C. The van der Waals surface area contributed by atoms with Crippen LogP contribution >= 0.6 is 11.3 Å². The number of hydrogen-bond donors (Lipinski definition) is 1. The first-order chi connectivity index (χ1) is 17.5. The number of anilines is 2. The maximum atomic E-state index is 13.6. The van der Waals surface area contributed by atoms with E-state index < -0.39 is 0 Å². The molecule has 0 bridgehead atoms. The van der Waals surface area contributed by atoms with Crippen LogP contribution in [-0.4, -0.2) is 62.0 Å². The zero-order valence-corrected chi connectivity index (χ0v) is 21.9. The molecule has 3 aromatic rings. The molecule has 2 saturated heterocycles.